The van der Waals surface area contributed by atoms with E-state index in [9.17, 15) is 9.59 Å². The van der Waals surface area contributed by atoms with E-state index in [-0.39, 0.29) is 5.97 Å². The van der Waals surface area contributed by atoms with Gasteiger partial charge in [0.05, 0.1) is 5.02 Å². The standard InChI is InChI=1S/C24H30ClNO4S/c1-6-18-9-12-21(25)22(20(18)13-14-26-23(28)30-24(3,4)5)31-15-17-7-10-19(11-8-17)29-16(2)27/h7-12H,6,13-15H2,1-5H3,(H,26,28). The van der Waals surface area contributed by atoms with E-state index < -0.39 is 11.7 Å². The number of hydrogen-bond donors (Lipinski definition) is 1. The van der Waals surface area contributed by atoms with Crippen LogP contribution in [0, 0.1) is 0 Å². The molecule has 1 amide bonds. The number of nitrogens with one attached hydrogen (secondary N) is 1. The summed E-state index contributed by atoms with van der Waals surface area (Å²) in [6, 6.07) is 11.4. The Balaban J connectivity index is 2.08. The first kappa shape index (κ1) is 25.1. The molecule has 0 bridgehead atoms. The maximum absolute atomic E-state index is 12.0. The number of hydrogen-bond acceptors (Lipinski definition) is 5. The second-order valence-corrected chi connectivity index (χ2v) is 9.47. The summed E-state index contributed by atoms with van der Waals surface area (Å²) in [7, 11) is 0. The van der Waals surface area contributed by atoms with Gasteiger partial charge in [0, 0.05) is 24.1 Å². The van der Waals surface area contributed by atoms with Gasteiger partial charge in [-0.05, 0) is 68.5 Å². The minimum atomic E-state index is -0.527. The molecule has 0 spiro atoms. The van der Waals surface area contributed by atoms with Crippen LogP contribution in [0.5, 0.6) is 5.75 Å². The van der Waals surface area contributed by atoms with Crippen LogP contribution in [0.3, 0.4) is 0 Å². The molecule has 7 heteroatoms. The number of carbonyl (C=O) groups is 2. The average molecular weight is 464 g/mol. The monoisotopic (exact) mass is 463 g/mol. The molecule has 0 fully saturated rings. The fraction of sp³-hybridized carbons (Fsp3) is 0.417. The number of ether oxygens (including phenoxy) is 2. The molecule has 2 rings (SSSR count). The lowest BCUT2D eigenvalue weighted by Crippen LogP contribution is -2.33. The van der Waals surface area contributed by atoms with Gasteiger partial charge in [-0.1, -0.05) is 36.7 Å². The third-order valence-corrected chi connectivity index (χ3v) is 5.96. The minimum Gasteiger partial charge on any atom is -0.444 e. The first-order chi connectivity index (χ1) is 14.6. The number of thioether (sulfide) groups is 1. The molecule has 0 aliphatic rings. The van der Waals surface area contributed by atoms with Gasteiger partial charge < -0.3 is 14.8 Å². The Morgan fingerprint density at radius 1 is 1.10 bits per heavy atom. The number of benzene rings is 2. The van der Waals surface area contributed by atoms with Gasteiger partial charge in [0.1, 0.15) is 11.4 Å². The Hall–Kier alpha value is -2.18. The van der Waals surface area contributed by atoms with E-state index in [2.05, 4.69) is 12.2 Å². The van der Waals surface area contributed by atoms with Gasteiger partial charge in [-0.3, -0.25) is 4.79 Å². The molecule has 5 nitrogen and oxygen atoms in total. The Labute approximate surface area is 193 Å². The van der Waals surface area contributed by atoms with Crippen molar-refractivity contribution in [3.8, 4) is 5.75 Å². The SMILES string of the molecule is CCc1ccc(Cl)c(SCc2ccc(OC(C)=O)cc2)c1CCNC(=O)OC(C)(C)C. The number of rotatable bonds is 8. The molecule has 0 heterocycles. The predicted molar refractivity (Wildman–Crippen MR) is 126 cm³/mol. The van der Waals surface area contributed by atoms with E-state index in [0.29, 0.717) is 23.7 Å². The van der Waals surface area contributed by atoms with Crippen LogP contribution in [-0.4, -0.2) is 24.2 Å². The molecular weight excluding hydrogens is 434 g/mol. The lowest BCUT2D eigenvalue weighted by atomic mass is 10.0. The molecule has 0 unspecified atom stereocenters. The summed E-state index contributed by atoms with van der Waals surface area (Å²) in [5.41, 5.74) is 2.92. The highest BCUT2D eigenvalue weighted by molar-refractivity contribution is 7.98. The summed E-state index contributed by atoms with van der Waals surface area (Å²) < 4.78 is 10.4. The van der Waals surface area contributed by atoms with Crippen molar-refractivity contribution in [2.75, 3.05) is 6.54 Å². The summed E-state index contributed by atoms with van der Waals surface area (Å²) in [5.74, 6) is 0.913. The highest BCUT2D eigenvalue weighted by atomic mass is 35.5. The zero-order chi connectivity index (χ0) is 23.0. The highest BCUT2D eigenvalue weighted by Gasteiger charge is 2.17. The second kappa shape index (κ2) is 11.4. The Bertz CT molecular complexity index is 907. The van der Waals surface area contributed by atoms with Crippen LogP contribution < -0.4 is 10.1 Å². The molecule has 0 aromatic heterocycles. The van der Waals surface area contributed by atoms with Crippen LogP contribution in [0.25, 0.3) is 0 Å². The lowest BCUT2D eigenvalue weighted by Gasteiger charge is -2.20. The average Bonchev–Trinajstić information content (AvgIpc) is 2.67. The number of alkyl carbamates (subject to hydrolysis) is 1. The zero-order valence-electron chi connectivity index (χ0n) is 18.7. The topological polar surface area (TPSA) is 64.6 Å². The molecule has 168 valence electrons. The van der Waals surface area contributed by atoms with Crippen LogP contribution in [-0.2, 0) is 28.1 Å². The van der Waals surface area contributed by atoms with Gasteiger partial charge in [-0.15, -0.1) is 11.8 Å². The van der Waals surface area contributed by atoms with Crippen LogP contribution in [0.1, 0.15) is 51.3 Å². The molecular formula is C24H30ClNO4S. The maximum atomic E-state index is 12.0. The van der Waals surface area contributed by atoms with E-state index in [1.165, 1.54) is 12.5 Å². The second-order valence-electron chi connectivity index (χ2n) is 8.07. The van der Waals surface area contributed by atoms with Crippen LogP contribution >= 0.6 is 23.4 Å². The van der Waals surface area contributed by atoms with E-state index >= 15 is 0 Å². The highest BCUT2D eigenvalue weighted by Crippen LogP contribution is 2.35. The normalized spacial score (nSPS) is 11.2. The Kier molecular flexibility index (Phi) is 9.26. The molecule has 0 saturated heterocycles. The van der Waals surface area contributed by atoms with Gasteiger partial charge in [-0.2, -0.15) is 0 Å². The first-order valence-corrected chi connectivity index (χ1v) is 11.6. The van der Waals surface area contributed by atoms with Crippen molar-refractivity contribution in [2.45, 2.75) is 63.7 Å². The molecule has 0 aliphatic carbocycles. The fourth-order valence-electron chi connectivity index (χ4n) is 2.98. The quantitative estimate of drug-likeness (QED) is 0.287. The van der Waals surface area contributed by atoms with Gasteiger partial charge in [0.15, 0.2) is 0 Å². The third kappa shape index (κ3) is 8.46. The van der Waals surface area contributed by atoms with Crippen molar-refractivity contribution >= 4 is 35.4 Å². The number of amides is 1. The zero-order valence-corrected chi connectivity index (χ0v) is 20.3. The molecule has 31 heavy (non-hydrogen) atoms. The van der Waals surface area contributed by atoms with E-state index in [1.807, 2.05) is 45.0 Å². The van der Waals surface area contributed by atoms with Crippen LogP contribution in [0.2, 0.25) is 5.02 Å². The Morgan fingerprint density at radius 2 is 1.77 bits per heavy atom. The Morgan fingerprint density at radius 3 is 2.35 bits per heavy atom. The first-order valence-electron chi connectivity index (χ1n) is 10.3. The fourth-order valence-corrected chi connectivity index (χ4v) is 4.44. The van der Waals surface area contributed by atoms with Crippen molar-refractivity contribution in [1.29, 1.82) is 0 Å². The third-order valence-electron chi connectivity index (χ3n) is 4.30. The maximum Gasteiger partial charge on any atom is 0.407 e. The van der Waals surface area contributed by atoms with E-state index in [0.717, 1.165) is 28.2 Å². The molecule has 2 aromatic carbocycles. The van der Waals surface area contributed by atoms with E-state index in [4.69, 9.17) is 21.1 Å². The number of aryl methyl sites for hydroxylation is 1. The minimum absolute atomic E-state index is 0.338. The molecule has 2 aromatic rings. The number of halogens is 1. The summed E-state index contributed by atoms with van der Waals surface area (Å²) >= 11 is 8.21. The van der Waals surface area contributed by atoms with Gasteiger partial charge in [-0.25, -0.2) is 4.79 Å². The summed E-state index contributed by atoms with van der Waals surface area (Å²) in [6.45, 7) is 9.47. The number of esters is 1. The van der Waals surface area contributed by atoms with Crippen LogP contribution in [0.15, 0.2) is 41.3 Å². The summed E-state index contributed by atoms with van der Waals surface area (Å²) in [5, 5.41) is 3.53. The molecule has 0 aliphatic heterocycles. The van der Waals surface area contributed by atoms with Crippen molar-refractivity contribution < 1.29 is 19.1 Å². The predicted octanol–water partition coefficient (Wildman–Crippen LogP) is 6.19. The van der Waals surface area contributed by atoms with Crippen LogP contribution in [0.4, 0.5) is 4.79 Å². The smallest absolute Gasteiger partial charge is 0.407 e. The molecule has 0 saturated carbocycles. The summed E-state index contributed by atoms with van der Waals surface area (Å²) in [4.78, 5) is 24.1. The van der Waals surface area contributed by atoms with Crippen molar-refractivity contribution in [3.05, 3.63) is 58.1 Å². The molecule has 0 atom stereocenters. The van der Waals surface area contributed by atoms with Crippen molar-refractivity contribution in [1.82, 2.24) is 5.32 Å². The molecule has 0 radical (unpaired) electrons. The molecule has 1 N–H and O–H groups in total. The van der Waals surface area contributed by atoms with Gasteiger partial charge >= 0.3 is 12.1 Å². The van der Waals surface area contributed by atoms with Gasteiger partial charge in [0.25, 0.3) is 0 Å². The van der Waals surface area contributed by atoms with Gasteiger partial charge in [0.2, 0.25) is 0 Å². The van der Waals surface area contributed by atoms with E-state index in [1.54, 1.807) is 23.9 Å². The lowest BCUT2D eigenvalue weighted by molar-refractivity contribution is -0.131. The van der Waals surface area contributed by atoms with Crippen molar-refractivity contribution in [3.63, 3.8) is 0 Å². The summed E-state index contributed by atoms with van der Waals surface area (Å²) in [6.07, 6.45) is 1.12. The largest absolute Gasteiger partial charge is 0.444 e. The number of carbonyl (C=O) groups excluding carboxylic acids is 2. The van der Waals surface area contributed by atoms with Crippen molar-refractivity contribution in [2.24, 2.45) is 0 Å².